The third-order valence-electron chi connectivity index (χ3n) is 2.60. The van der Waals surface area contributed by atoms with Crippen LogP contribution in [0, 0.1) is 0 Å². The van der Waals surface area contributed by atoms with E-state index in [1.807, 2.05) is 60.7 Å². The zero-order chi connectivity index (χ0) is 13.6. The molecule has 0 spiro atoms. The molecule has 0 N–H and O–H groups in total. The molecule has 0 aliphatic heterocycles. The molecule has 0 saturated carbocycles. The fourth-order valence-corrected chi connectivity index (χ4v) is 5.36. The van der Waals surface area contributed by atoms with Gasteiger partial charge in [0.2, 0.25) is 0 Å². The first-order valence-corrected chi connectivity index (χ1v) is 10.4. The minimum Gasteiger partial charge on any atom is -0.510 e. The lowest BCUT2D eigenvalue weighted by atomic mass is 10.3. The van der Waals surface area contributed by atoms with E-state index in [0.29, 0.717) is 6.61 Å². The molecule has 0 radical (unpaired) electrons. The van der Waals surface area contributed by atoms with Crippen molar-refractivity contribution in [2.45, 2.75) is 13.3 Å². The second-order valence-electron chi connectivity index (χ2n) is 4.17. The highest BCUT2D eigenvalue weighted by atomic mass is 79.9. The molecule has 0 aliphatic carbocycles. The van der Waals surface area contributed by atoms with Crippen molar-refractivity contribution in [1.29, 1.82) is 0 Å². The molecule has 100 valence electrons. The third kappa shape index (κ3) is 3.93. The lowest BCUT2D eigenvalue weighted by molar-refractivity contribution is 0.270. The van der Waals surface area contributed by atoms with Crippen LogP contribution in [0.4, 0.5) is 0 Å². The summed E-state index contributed by atoms with van der Waals surface area (Å²) in [6, 6.07) is 19.9. The van der Waals surface area contributed by atoms with E-state index in [9.17, 15) is 0 Å². The highest BCUT2D eigenvalue weighted by Gasteiger charge is 2.39. The molecule has 19 heavy (non-hydrogen) atoms. The summed E-state index contributed by atoms with van der Waals surface area (Å²) >= 11 is 3.73. The first kappa shape index (κ1) is 14.3. The van der Waals surface area contributed by atoms with Gasteiger partial charge in [-0.05, 0) is 33.8 Å². The van der Waals surface area contributed by atoms with Crippen LogP contribution in [0.3, 0.4) is 0 Å². The number of para-hydroxylation sites is 1. The highest BCUT2D eigenvalue weighted by molar-refractivity contribution is 9.26. The SMILES string of the molecule is CCCO[Si](Br)(Oc1ccccc1)c1ccccc1. The summed E-state index contributed by atoms with van der Waals surface area (Å²) in [6.45, 7) is 2.77. The molecule has 0 aliphatic rings. The zero-order valence-electron chi connectivity index (χ0n) is 10.9. The van der Waals surface area contributed by atoms with Crippen LogP contribution in [0.1, 0.15) is 13.3 Å². The molecule has 0 amide bonds. The lowest BCUT2D eigenvalue weighted by Gasteiger charge is -2.25. The topological polar surface area (TPSA) is 18.5 Å². The van der Waals surface area contributed by atoms with Gasteiger partial charge in [0.05, 0.1) is 0 Å². The van der Waals surface area contributed by atoms with Gasteiger partial charge in [-0.25, -0.2) is 0 Å². The summed E-state index contributed by atoms with van der Waals surface area (Å²) in [5.74, 6) is 0.825. The molecule has 0 saturated heterocycles. The van der Waals surface area contributed by atoms with E-state index in [4.69, 9.17) is 8.85 Å². The fraction of sp³-hybridized carbons (Fsp3) is 0.200. The van der Waals surface area contributed by atoms with Gasteiger partial charge in [-0.3, -0.25) is 0 Å². The molecule has 2 nitrogen and oxygen atoms in total. The van der Waals surface area contributed by atoms with E-state index in [-0.39, 0.29) is 0 Å². The predicted octanol–water partition coefficient (Wildman–Crippen LogP) is 3.73. The van der Waals surface area contributed by atoms with Crippen molar-refractivity contribution >= 4 is 27.7 Å². The van der Waals surface area contributed by atoms with Gasteiger partial charge >= 0.3 is 7.18 Å². The fourth-order valence-electron chi connectivity index (χ4n) is 1.68. The van der Waals surface area contributed by atoms with Crippen LogP contribution < -0.4 is 9.61 Å². The second-order valence-corrected chi connectivity index (χ2v) is 9.44. The highest BCUT2D eigenvalue weighted by Crippen LogP contribution is 2.21. The summed E-state index contributed by atoms with van der Waals surface area (Å²) in [6.07, 6.45) is 0.964. The summed E-state index contributed by atoms with van der Waals surface area (Å²) in [7, 11) is -2.57. The van der Waals surface area contributed by atoms with Crippen LogP contribution in [0.5, 0.6) is 5.75 Å². The van der Waals surface area contributed by atoms with Crippen molar-refractivity contribution in [3.05, 3.63) is 60.7 Å². The normalized spacial score (nSPS) is 13.8. The molecule has 0 fully saturated rings. The van der Waals surface area contributed by atoms with Crippen molar-refractivity contribution in [1.82, 2.24) is 0 Å². The third-order valence-corrected chi connectivity index (χ3v) is 7.25. The van der Waals surface area contributed by atoms with Gasteiger partial charge in [-0.1, -0.05) is 55.5 Å². The van der Waals surface area contributed by atoms with Crippen LogP contribution >= 0.6 is 15.3 Å². The maximum Gasteiger partial charge on any atom is 0.510 e. The van der Waals surface area contributed by atoms with E-state index >= 15 is 0 Å². The standard InChI is InChI=1S/C15H17BrO2Si/c1-2-13-17-19(16,15-11-7-4-8-12-15)18-14-9-5-3-6-10-14/h3-12H,2,13H2,1H3. The number of halogens is 1. The smallest absolute Gasteiger partial charge is 0.510 e. The van der Waals surface area contributed by atoms with Crippen LogP contribution in [-0.4, -0.2) is 13.8 Å². The van der Waals surface area contributed by atoms with Gasteiger partial charge < -0.3 is 8.85 Å². The Kier molecular flexibility index (Phi) is 5.19. The first-order valence-electron chi connectivity index (χ1n) is 6.37. The van der Waals surface area contributed by atoms with E-state index in [2.05, 4.69) is 22.2 Å². The Morgan fingerprint density at radius 3 is 2.11 bits per heavy atom. The summed E-state index contributed by atoms with van der Waals surface area (Å²) < 4.78 is 12.1. The Balaban J connectivity index is 2.24. The van der Waals surface area contributed by atoms with E-state index in [0.717, 1.165) is 17.4 Å². The van der Waals surface area contributed by atoms with Gasteiger partial charge in [0.25, 0.3) is 0 Å². The quantitative estimate of drug-likeness (QED) is 0.591. The van der Waals surface area contributed by atoms with E-state index in [1.54, 1.807) is 0 Å². The van der Waals surface area contributed by atoms with Crippen molar-refractivity contribution < 1.29 is 8.85 Å². The van der Waals surface area contributed by atoms with Gasteiger partial charge in [-0.15, -0.1) is 0 Å². The molecule has 0 aromatic heterocycles. The summed E-state index contributed by atoms with van der Waals surface area (Å²) in [5, 5.41) is 1.08. The number of hydrogen-bond acceptors (Lipinski definition) is 2. The Morgan fingerprint density at radius 2 is 1.53 bits per heavy atom. The van der Waals surface area contributed by atoms with Crippen LogP contribution in [0.2, 0.25) is 0 Å². The summed E-state index contributed by atoms with van der Waals surface area (Å²) in [5.41, 5.74) is 0. The Hall–Kier alpha value is -1.10. The van der Waals surface area contributed by atoms with Crippen molar-refractivity contribution in [3.63, 3.8) is 0 Å². The molecule has 0 bridgehead atoms. The van der Waals surface area contributed by atoms with Gasteiger partial charge in [-0.2, -0.15) is 0 Å². The summed E-state index contributed by atoms with van der Waals surface area (Å²) in [4.78, 5) is 0. The Morgan fingerprint density at radius 1 is 0.947 bits per heavy atom. The van der Waals surface area contributed by atoms with Crippen molar-refractivity contribution in [2.75, 3.05) is 6.61 Å². The lowest BCUT2D eigenvalue weighted by Crippen LogP contribution is -2.51. The molecule has 4 heteroatoms. The molecule has 1 atom stereocenters. The molecular formula is C15H17BrO2Si. The van der Waals surface area contributed by atoms with Crippen LogP contribution in [0.15, 0.2) is 60.7 Å². The predicted molar refractivity (Wildman–Crippen MR) is 84.1 cm³/mol. The van der Waals surface area contributed by atoms with Gasteiger partial charge in [0.15, 0.2) is 0 Å². The van der Waals surface area contributed by atoms with Crippen LogP contribution in [0.25, 0.3) is 0 Å². The minimum atomic E-state index is -2.57. The van der Waals surface area contributed by atoms with Crippen LogP contribution in [-0.2, 0) is 4.43 Å². The van der Waals surface area contributed by atoms with E-state index in [1.165, 1.54) is 0 Å². The van der Waals surface area contributed by atoms with Gasteiger partial charge in [0.1, 0.15) is 5.75 Å². The molecule has 2 aromatic carbocycles. The molecule has 1 unspecified atom stereocenters. The monoisotopic (exact) mass is 336 g/mol. The molecule has 0 heterocycles. The van der Waals surface area contributed by atoms with Crippen molar-refractivity contribution in [2.24, 2.45) is 0 Å². The zero-order valence-corrected chi connectivity index (χ0v) is 13.5. The number of hydrogen-bond donors (Lipinski definition) is 0. The van der Waals surface area contributed by atoms with E-state index < -0.39 is 7.18 Å². The van der Waals surface area contributed by atoms with Crippen molar-refractivity contribution in [3.8, 4) is 5.75 Å². The second kappa shape index (κ2) is 6.89. The van der Waals surface area contributed by atoms with Gasteiger partial charge in [0, 0.05) is 11.8 Å². The largest absolute Gasteiger partial charge is 0.510 e. The maximum absolute atomic E-state index is 6.12. The average Bonchev–Trinajstić information content (AvgIpc) is 2.47. The maximum atomic E-state index is 6.12. The Labute approximate surface area is 123 Å². The number of rotatable bonds is 6. The molecular weight excluding hydrogens is 320 g/mol. The molecule has 2 aromatic rings. The minimum absolute atomic E-state index is 0.680. The molecule has 2 rings (SSSR count). The average molecular weight is 337 g/mol. The Bertz CT molecular complexity index is 492. The first-order chi connectivity index (χ1) is 9.24. The number of benzene rings is 2.